The predicted octanol–water partition coefficient (Wildman–Crippen LogP) is 4.85. The second-order valence-corrected chi connectivity index (χ2v) is 7.49. The van der Waals surface area contributed by atoms with E-state index in [1.807, 2.05) is 67.7 Å². The first kappa shape index (κ1) is 22.5. The molecular weight excluding hydrogens is 433 g/mol. The highest BCUT2D eigenvalue weighted by atomic mass is 19.1. The summed E-state index contributed by atoms with van der Waals surface area (Å²) in [6.07, 6.45) is 4.78. The second-order valence-electron chi connectivity index (χ2n) is 7.49. The Kier molecular flexibility index (Phi) is 6.78. The Morgan fingerprint density at radius 1 is 0.912 bits per heavy atom. The van der Waals surface area contributed by atoms with Crippen LogP contribution in [0, 0.1) is 12.7 Å². The van der Waals surface area contributed by atoms with Crippen LogP contribution in [0.4, 0.5) is 14.9 Å². The lowest BCUT2D eigenvalue weighted by molar-refractivity contribution is -0.117. The molecule has 1 heterocycles. The number of hydrogen-bond acceptors (Lipinski definition) is 3. The van der Waals surface area contributed by atoms with Crippen LogP contribution >= 0.6 is 0 Å². The van der Waals surface area contributed by atoms with Crippen LogP contribution in [0.2, 0.25) is 0 Å². The van der Waals surface area contributed by atoms with E-state index in [9.17, 15) is 14.0 Å². The molecule has 0 atom stereocenters. The molecule has 0 saturated heterocycles. The fourth-order valence-corrected chi connectivity index (χ4v) is 3.18. The van der Waals surface area contributed by atoms with Gasteiger partial charge in [0.2, 0.25) is 0 Å². The number of urea groups is 1. The Balaban J connectivity index is 1.47. The Labute approximate surface area is 195 Å². The zero-order valence-corrected chi connectivity index (χ0v) is 18.3. The number of hydrazine groups is 1. The molecule has 0 radical (unpaired) electrons. The van der Waals surface area contributed by atoms with E-state index in [2.05, 4.69) is 16.2 Å². The minimum Gasteiger partial charge on any atom is -0.307 e. The standard InChI is InChI=1S/C26H22FN5O2/c1-18-7-9-19(10-8-18)25-20(17-32(31-25)23-5-3-2-4-6-23)11-16-24(33)29-30-26(34)28-22-14-12-21(27)13-15-22/h2-17H,1H3,(H,29,33)(H2,28,30,34)/b16-11+. The number of hydrogen-bond donors (Lipinski definition) is 3. The van der Waals surface area contributed by atoms with Gasteiger partial charge in [0.1, 0.15) is 5.82 Å². The minimum absolute atomic E-state index is 0.389. The van der Waals surface area contributed by atoms with E-state index in [1.165, 1.54) is 30.3 Å². The molecule has 3 amide bonds. The number of carbonyl (C=O) groups is 2. The zero-order valence-electron chi connectivity index (χ0n) is 18.3. The normalized spacial score (nSPS) is 10.8. The third kappa shape index (κ3) is 5.74. The van der Waals surface area contributed by atoms with E-state index in [0.29, 0.717) is 5.69 Å². The molecule has 1 aromatic heterocycles. The van der Waals surface area contributed by atoms with Crippen LogP contribution in [0.5, 0.6) is 0 Å². The summed E-state index contributed by atoms with van der Waals surface area (Å²) in [6, 6.07) is 22.2. The van der Waals surface area contributed by atoms with Crippen LogP contribution in [-0.2, 0) is 4.79 Å². The summed E-state index contributed by atoms with van der Waals surface area (Å²) in [7, 11) is 0. The summed E-state index contributed by atoms with van der Waals surface area (Å²) >= 11 is 0. The highest BCUT2D eigenvalue weighted by Crippen LogP contribution is 2.25. The third-order valence-corrected chi connectivity index (χ3v) is 4.90. The van der Waals surface area contributed by atoms with Crippen molar-refractivity contribution in [1.29, 1.82) is 0 Å². The number of carbonyl (C=O) groups excluding carboxylic acids is 2. The van der Waals surface area contributed by atoms with Crippen LogP contribution in [-0.4, -0.2) is 21.7 Å². The summed E-state index contributed by atoms with van der Waals surface area (Å²) in [6.45, 7) is 2.01. The van der Waals surface area contributed by atoms with Gasteiger partial charge in [0.15, 0.2) is 0 Å². The average molecular weight is 455 g/mol. The molecule has 0 saturated carbocycles. The van der Waals surface area contributed by atoms with Gasteiger partial charge in [-0.25, -0.2) is 19.3 Å². The van der Waals surface area contributed by atoms with Crippen molar-refractivity contribution < 1.29 is 14.0 Å². The first-order chi connectivity index (χ1) is 16.5. The van der Waals surface area contributed by atoms with Crippen LogP contribution in [0.25, 0.3) is 23.0 Å². The molecule has 0 aliphatic carbocycles. The quantitative estimate of drug-likeness (QED) is 0.297. The van der Waals surface area contributed by atoms with E-state index in [0.717, 1.165) is 28.1 Å². The molecule has 0 aliphatic rings. The molecule has 0 spiro atoms. The van der Waals surface area contributed by atoms with Gasteiger partial charge in [-0.2, -0.15) is 5.10 Å². The number of aromatic nitrogens is 2. The molecule has 7 nitrogen and oxygen atoms in total. The van der Waals surface area contributed by atoms with Gasteiger partial charge in [-0.15, -0.1) is 0 Å². The number of nitrogens with zero attached hydrogens (tertiary/aromatic N) is 2. The van der Waals surface area contributed by atoms with Crippen LogP contribution < -0.4 is 16.2 Å². The maximum absolute atomic E-state index is 13.0. The molecule has 170 valence electrons. The molecule has 4 aromatic rings. The number of halogens is 1. The Hall–Kier alpha value is -4.72. The van der Waals surface area contributed by atoms with E-state index in [4.69, 9.17) is 5.10 Å². The van der Waals surface area contributed by atoms with E-state index >= 15 is 0 Å². The number of benzene rings is 3. The van der Waals surface area contributed by atoms with Crippen molar-refractivity contribution in [3.63, 3.8) is 0 Å². The highest BCUT2D eigenvalue weighted by molar-refractivity contribution is 5.96. The maximum atomic E-state index is 13.0. The van der Waals surface area contributed by atoms with Gasteiger partial charge in [-0.1, -0.05) is 48.0 Å². The van der Waals surface area contributed by atoms with E-state index in [-0.39, 0.29) is 0 Å². The van der Waals surface area contributed by atoms with Crippen molar-refractivity contribution in [3.05, 3.63) is 108 Å². The smallest absolute Gasteiger partial charge is 0.307 e. The predicted molar refractivity (Wildman–Crippen MR) is 129 cm³/mol. The van der Waals surface area contributed by atoms with Crippen molar-refractivity contribution in [2.45, 2.75) is 6.92 Å². The third-order valence-electron chi connectivity index (χ3n) is 4.90. The van der Waals surface area contributed by atoms with E-state index in [1.54, 1.807) is 10.8 Å². The lowest BCUT2D eigenvalue weighted by atomic mass is 10.1. The zero-order chi connectivity index (χ0) is 23.9. The fraction of sp³-hybridized carbons (Fsp3) is 0.0385. The monoisotopic (exact) mass is 455 g/mol. The minimum atomic E-state index is -0.661. The summed E-state index contributed by atoms with van der Waals surface area (Å²) in [5.41, 5.74) is 9.33. The van der Waals surface area contributed by atoms with Gasteiger partial charge in [0.25, 0.3) is 5.91 Å². The number of amides is 3. The SMILES string of the molecule is Cc1ccc(-c2nn(-c3ccccc3)cc2/C=C/C(=O)NNC(=O)Nc2ccc(F)cc2)cc1. The molecular formula is C26H22FN5O2. The Bertz CT molecular complexity index is 1310. The molecule has 0 fully saturated rings. The summed E-state index contributed by atoms with van der Waals surface area (Å²) < 4.78 is 14.7. The molecule has 3 aromatic carbocycles. The highest BCUT2D eigenvalue weighted by Gasteiger charge is 2.11. The first-order valence-electron chi connectivity index (χ1n) is 10.5. The van der Waals surface area contributed by atoms with Gasteiger partial charge in [-0.05, 0) is 49.4 Å². The van der Waals surface area contributed by atoms with Crippen molar-refractivity contribution in [2.75, 3.05) is 5.32 Å². The molecule has 3 N–H and O–H groups in total. The lowest BCUT2D eigenvalue weighted by Crippen LogP contribution is -2.43. The number of para-hydroxylation sites is 1. The molecule has 34 heavy (non-hydrogen) atoms. The summed E-state index contributed by atoms with van der Waals surface area (Å²) in [5.74, 6) is -0.943. The second kappa shape index (κ2) is 10.3. The van der Waals surface area contributed by atoms with Crippen LogP contribution in [0.15, 0.2) is 91.1 Å². The van der Waals surface area contributed by atoms with Crippen LogP contribution in [0.1, 0.15) is 11.1 Å². The molecule has 0 unspecified atom stereocenters. The van der Waals surface area contributed by atoms with Gasteiger partial charge in [-0.3, -0.25) is 10.2 Å². The largest absolute Gasteiger partial charge is 0.337 e. The van der Waals surface area contributed by atoms with Gasteiger partial charge >= 0.3 is 6.03 Å². The van der Waals surface area contributed by atoms with Crippen LogP contribution in [0.3, 0.4) is 0 Å². The average Bonchev–Trinajstić information content (AvgIpc) is 3.28. The molecule has 0 bridgehead atoms. The van der Waals surface area contributed by atoms with Gasteiger partial charge in [0, 0.05) is 29.1 Å². The molecule has 0 aliphatic heterocycles. The van der Waals surface area contributed by atoms with Crippen molar-refractivity contribution in [3.8, 4) is 16.9 Å². The number of anilines is 1. The Morgan fingerprint density at radius 3 is 2.32 bits per heavy atom. The summed E-state index contributed by atoms with van der Waals surface area (Å²) in [4.78, 5) is 24.2. The topological polar surface area (TPSA) is 88.1 Å². The first-order valence-corrected chi connectivity index (χ1v) is 10.5. The lowest BCUT2D eigenvalue weighted by Gasteiger charge is -2.07. The number of aryl methyl sites for hydroxylation is 1. The van der Waals surface area contributed by atoms with Crippen molar-refractivity contribution in [1.82, 2.24) is 20.6 Å². The van der Waals surface area contributed by atoms with Crippen molar-refractivity contribution in [2.24, 2.45) is 0 Å². The van der Waals surface area contributed by atoms with E-state index < -0.39 is 17.8 Å². The summed E-state index contributed by atoms with van der Waals surface area (Å²) in [5, 5.41) is 7.20. The maximum Gasteiger partial charge on any atom is 0.337 e. The number of nitrogens with one attached hydrogen (secondary N) is 3. The van der Waals surface area contributed by atoms with Gasteiger partial charge in [0.05, 0.1) is 11.4 Å². The molecule has 8 heteroatoms. The Morgan fingerprint density at radius 2 is 1.62 bits per heavy atom. The van der Waals surface area contributed by atoms with Crippen molar-refractivity contribution >= 4 is 23.7 Å². The van der Waals surface area contributed by atoms with Gasteiger partial charge < -0.3 is 5.32 Å². The number of rotatable bonds is 5. The fourth-order valence-electron chi connectivity index (χ4n) is 3.18. The molecule has 4 rings (SSSR count).